The summed E-state index contributed by atoms with van der Waals surface area (Å²) in [6.07, 6.45) is 3.34. The monoisotopic (exact) mass is 507 g/mol. The largest absolute Gasteiger partial charge is 0.419 e. The molecular weight excluding hydrogens is 474 g/mol. The number of rotatable bonds is 6. The van der Waals surface area contributed by atoms with Crippen molar-refractivity contribution in [1.82, 2.24) is 9.97 Å². The van der Waals surface area contributed by atoms with Gasteiger partial charge in [0.15, 0.2) is 0 Å². The van der Waals surface area contributed by atoms with Gasteiger partial charge in [0.05, 0.1) is 18.3 Å². The summed E-state index contributed by atoms with van der Waals surface area (Å²) in [4.78, 5) is 8.38. The third-order valence-electron chi connectivity index (χ3n) is 7.14. The number of hydrogen-bond acceptors (Lipinski definition) is 5. The molecule has 4 rings (SSSR count). The third-order valence-corrected chi connectivity index (χ3v) is 8.72. The molecule has 9 heteroatoms. The SMILES string of the molecule is CC1/C=C(/c2nc(N[C@@H](CO)C3CCC3)ncc2C(F)(F)F)c2cccc(P(C)(C)=O)c2CCC1. The highest BCUT2D eigenvalue weighted by Gasteiger charge is 2.37. The van der Waals surface area contributed by atoms with Crippen LogP contribution in [-0.4, -0.2) is 41.1 Å². The molecular formula is C26H33F3N3O2P. The highest BCUT2D eigenvalue weighted by Crippen LogP contribution is 2.42. The zero-order valence-corrected chi connectivity index (χ0v) is 21.3. The van der Waals surface area contributed by atoms with Crippen molar-refractivity contribution in [3.8, 4) is 0 Å². The fraction of sp³-hybridized carbons (Fsp3) is 0.538. The fourth-order valence-corrected chi connectivity index (χ4v) is 6.37. The lowest BCUT2D eigenvalue weighted by atomic mass is 9.80. The van der Waals surface area contributed by atoms with Crippen LogP contribution >= 0.6 is 7.14 Å². The van der Waals surface area contributed by atoms with Gasteiger partial charge in [0.1, 0.15) is 12.7 Å². The molecule has 0 saturated heterocycles. The normalized spacial score (nSPS) is 21.7. The minimum Gasteiger partial charge on any atom is -0.394 e. The highest BCUT2D eigenvalue weighted by atomic mass is 31.2. The van der Waals surface area contributed by atoms with E-state index in [-0.39, 0.29) is 36.1 Å². The Morgan fingerprint density at radius 2 is 1.94 bits per heavy atom. The molecule has 1 unspecified atom stereocenters. The summed E-state index contributed by atoms with van der Waals surface area (Å²) >= 11 is 0. The van der Waals surface area contributed by atoms with E-state index in [0.29, 0.717) is 22.9 Å². The van der Waals surface area contributed by atoms with Crippen molar-refractivity contribution in [3.63, 3.8) is 0 Å². The van der Waals surface area contributed by atoms with E-state index in [0.717, 1.165) is 43.9 Å². The zero-order valence-electron chi connectivity index (χ0n) is 20.4. The van der Waals surface area contributed by atoms with Gasteiger partial charge in [0.2, 0.25) is 5.95 Å². The van der Waals surface area contributed by atoms with Crippen LogP contribution in [-0.2, 0) is 17.2 Å². The van der Waals surface area contributed by atoms with E-state index < -0.39 is 18.9 Å². The number of halogens is 3. The number of hydrogen-bond donors (Lipinski definition) is 2. The topological polar surface area (TPSA) is 75.1 Å². The number of fused-ring (bicyclic) bond motifs is 1. The molecule has 35 heavy (non-hydrogen) atoms. The van der Waals surface area contributed by atoms with Crippen LogP contribution in [0.25, 0.3) is 5.57 Å². The Labute approximate surface area is 204 Å². The summed E-state index contributed by atoms with van der Waals surface area (Å²) in [6.45, 7) is 5.23. The van der Waals surface area contributed by atoms with E-state index in [9.17, 15) is 22.8 Å². The number of nitrogens with one attached hydrogen (secondary N) is 1. The standard InChI is InChI=1S/C26H33F3N3O2P/c1-16-7-4-11-19-18(10-6-12-23(19)35(2,3)34)20(13-16)24-21(26(27,28)29)14-30-25(32-24)31-22(15-33)17-8-5-9-17/h6,10,12-14,16-17,22,33H,4-5,7-9,11,15H2,1-3H3,(H,30,31,32)/b20-13+/t16?,22-/m0/s1. The van der Waals surface area contributed by atoms with Gasteiger partial charge >= 0.3 is 6.18 Å². The molecule has 1 aromatic heterocycles. The second kappa shape index (κ2) is 10.1. The first kappa shape index (κ1) is 25.9. The lowest BCUT2D eigenvalue weighted by Gasteiger charge is -2.33. The summed E-state index contributed by atoms with van der Waals surface area (Å²) in [7, 11) is -2.65. The smallest absolute Gasteiger partial charge is 0.394 e. The maximum atomic E-state index is 14.2. The number of aliphatic hydroxyl groups is 1. The number of allylic oxidation sites excluding steroid dienone is 1. The molecule has 2 atom stereocenters. The van der Waals surface area contributed by atoms with Crippen molar-refractivity contribution in [1.29, 1.82) is 0 Å². The summed E-state index contributed by atoms with van der Waals surface area (Å²) in [5.74, 6) is 0.370. The van der Waals surface area contributed by atoms with Gasteiger partial charge < -0.3 is 15.0 Å². The van der Waals surface area contributed by atoms with Crippen LogP contribution in [0.5, 0.6) is 0 Å². The second-order valence-electron chi connectivity index (χ2n) is 10.2. The zero-order chi connectivity index (χ0) is 25.4. The second-order valence-corrected chi connectivity index (χ2v) is 13.4. The van der Waals surface area contributed by atoms with E-state index >= 15 is 0 Å². The van der Waals surface area contributed by atoms with Crippen molar-refractivity contribution in [3.05, 3.63) is 52.9 Å². The van der Waals surface area contributed by atoms with E-state index in [1.807, 2.05) is 19.1 Å². The maximum absolute atomic E-state index is 14.2. The molecule has 0 bridgehead atoms. The number of aliphatic hydroxyl groups excluding tert-OH is 1. The van der Waals surface area contributed by atoms with Crippen molar-refractivity contribution in [2.75, 3.05) is 25.3 Å². The number of nitrogens with zero attached hydrogens (tertiary/aromatic N) is 2. The molecule has 2 aromatic rings. The summed E-state index contributed by atoms with van der Waals surface area (Å²) in [6, 6.07) is 5.09. The first-order valence-electron chi connectivity index (χ1n) is 12.2. The van der Waals surface area contributed by atoms with Gasteiger partial charge in [-0.25, -0.2) is 9.97 Å². The first-order valence-corrected chi connectivity index (χ1v) is 14.8. The average molecular weight is 508 g/mol. The average Bonchev–Trinajstić information content (AvgIpc) is 2.73. The molecule has 2 aliphatic rings. The molecule has 1 saturated carbocycles. The Hall–Kier alpha value is -2.18. The van der Waals surface area contributed by atoms with Crippen LogP contribution in [0.3, 0.4) is 0 Å². The highest BCUT2D eigenvalue weighted by molar-refractivity contribution is 7.70. The molecule has 0 amide bonds. The minimum absolute atomic E-state index is 0.0458. The van der Waals surface area contributed by atoms with Crippen LogP contribution in [0.1, 0.15) is 61.4 Å². The van der Waals surface area contributed by atoms with E-state index in [1.165, 1.54) is 0 Å². The molecule has 2 aliphatic carbocycles. The number of aromatic nitrogens is 2. The van der Waals surface area contributed by atoms with Crippen LogP contribution in [0.15, 0.2) is 30.5 Å². The Kier molecular flexibility index (Phi) is 7.44. The Balaban J connectivity index is 1.89. The van der Waals surface area contributed by atoms with Crippen LogP contribution in [0, 0.1) is 11.8 Å². The first-order chi connectivity index (χ1) is 16.5. The van der Waals surface area contributed by atoms with Crippen LogP contribution in [0.2, 0.25) is 0 Å². The molecule has 5 nitrogen and oxygen atoms in total. The lowest BCUT2D eigenvalue weighted by Crippen LogP contribution is -2.37. The number of benzene rings is 1. The van der Waals surface area contributed by atoms with E-state index in [1.54, 1.807) is 25.5 Å². The Morgan fingerprint density at radius 3 is 2.54 bits per heavy atom. The summed E-state index contributed by atoms with van der Waals surface area (Å²) in [5.41, 5.74) is 0.784. The Morgan fingerprint density at radius 1 is 1.20 bits per heavy atom. The number of alkyl halides is 3. The van der Waals surface area contributed by atoms with Gasteiger partial charge in [-0.2, -0.15) is 13.2 Å². The van der Waals surface area contributed by atoms with Gasteiger partial charge in [0, 0.05) is 17.1 Å². The molecule has 1 aromatic carbocycles. The van der Waals surface area contributed by atoms with Crippen molar-refractivity contribution >= 4 is 24.0 Å². The third kappa shape index (κ3) is 5.64. The van der Waals surface area contributed by atoms with Gasteiger partial charge in [-0.1, -0.05) is 37.6 Å². The lowest BCUT2D eigenvalue weighted by molar-refractivity contribution is -0.138. The minimum atomic E-state index is -4.65. The Bertz CT molecular complexity index is 1160. The number of anilines is 1. The van der Waals surface area contributed by atoms with Gasteiger partial charge in [-0.15, -0.1) is 0 Å². The molecule has 2 N–H and O–H groups in total. The van der Waals surface area contributed by atoms with Gasteiger partial charge in [-0.05, 0) is 68.4 Å². The van der Waals surface area contributed by atoms with E-state index in [2.05, 4.69) is 15.3 Å². The van der Waals surface area contributed by atoms with E-state index in [4.69, 9.17) is 0 Å². The van der Waals surface area contributed by atoms with Crippen molar-refractivity contribution in [2.24, 2.45) is 11.8 Å². The molecule has 190 valence electrons. The predicted molar refractivity (Wildman–Crippen MR) is 134 cm³/mol. The summed E-state index contributed by atoms with van der Waals surface area (Å²) < 4.78 is 55.6. The maximum Gasteiger partial charge on any atom is 0.419 e. The predicted octanol–water partition coefficient (Wildman–Crippen LogP) is 5.72. The van der Waals surface area contributed by atoms with Crippen LogP contribution < -0.4 is 10.6 Å². The fourth-order valence-electron chi connectivity index (χ4n) is 5.04. The summed E-state index contributed by atoms with van der Waals surface area (Å²) in [5, 5.41) is 13.6. The van der Waals surface area contributed by atoms with Crippen LogP contribution in [0.4, 0.5) is 19.1 Å². The van der Waals surface area contributed by atoms with Gasteiger partial charge in [0.25, 0.3) is 0 Å². The molecule has 1 heterocycles. The quantitative estimate of drug-likeness (QED) is 0.489. The van der Waals surface area contributed by atoms with Crippen molar-refractivity contribution in [2.45, 2.75) is 57.7 Å². The molecule has 0 aliphatic heterocycles. The van der Waals surface area contributed by atoms with Crippen molar-refractivity contribution < 1.29 is 22.8 Å². The molecule has 0 radical (unpaired) electrons. The molecule has 1 fully saturated rings. The van der Waals surface area contributed by atoms with Gasteiger partial charge in [-0.3, -0.25) is 0 Å². The molecule has 0 spiro atoms.